The van der Waals surface area contributed by atoms with Gasteiger partial charge >= 0.3 is 0 Å². The van der Waals surface area contributed by atoms with E-state index in [4.69, 9.17) is 5.73 Å². The highest BCUT2D eigenvalue weighted by molar-refractivity contribution is 5.55. The lowest BCUT2D eigenvalue weighted by atomic mass is 9.91. The zero-order chi connectivity index (χ0) is 15.9. The molecular formula is C14H19N5O2. The first kappa shape index (κ1) is 15.0. The second-order valence-electron chi connectivity index (χ2n) is 6.17. The normalized spacial score (nSPS) is 11.7. The monoisotopic (exact) mass is 289 g/mol. The van der Waals surface area contributed by atoms with Crippen molar-refractivity contribution in [2.24, 2.45) is 0 Å². The molecule has 2 N–H and O–H groups in total. The topological polar surface area (TPSA) is 99.9 Å². The molecule has 7 heteroatoms. The molecule has 0 spiro atoms. The van der Waals surface area contributed by atoms with Crippen LogP contribution in [0.4, 0.5) is 11.5 Å². The Morgan fingerprint density at radius 2 is 1.86 bits per heavy atom. The maximum Gasteiger partial charge on any atom is 0.274 e. The summed E-state index contributed by atoms with van der Waals surface area (Å²) in [6.45, 7) is 9.59. The van der Waals surface area contributed by atoms with Gasteiger partial charge in [-0.05, 0) is 25.5 Å². The maximum atomic E-state index is 11.1. The summed E-state index contributed by atoms with van der Waals surface area (Å²) in [5.41, 5.74) is 8.56. The Bertz CT molecular complexity index is 713. The minimum absolute atomic E-state index is 0.0598. The van der Waals surface area contributed by atoms with Crippen molar-refractivity contribution in [2.45, 2.75) is 40.0 Å². The van der Waals surface area contributed by atoms with Crippen LogP contribution < -0.4 is 5.73 Å². The maximum absolute atomic E-state index is 11.1. The third-order valence-electron chi connectivity index (χ3n) is 3.35. The average molecular weight is 289 g/mol. The summed E-state index contributed by atoms with van der Waals surface area (Å²) in [4.78, 5) is 10.7. The predicted molar refractivity (Wildman–Crippen MR) is 80.6 cm³/mol. The van der Waals surface area contributed by atoms with Gasteiger partial charge in [-0.25, -0.2) is 4.68 Å². The van der Waals surface area contributed by atoms with E-state index in [-0.39, 0.29) is 11.1 Å². The predicted octanol–water partition coefficient (Wildman–Crippen LogP) is 2.67. The molecule has 0 atom stereocenters. The Kier molecular flexibility index (Phi) is 3.44. The number of nitrogens with zero attached hydrogens (tertiary/aromatic N) is 4. The molecule has 0 unspecified atom stereocenters. The van der Waals surface area contributed by atoms with Crippen LogP contribution in [0.2, 0.25) is 0 Å². The largest absolute Gasteiger partial charge is 0.381 e. The number of aryl methyl sites for hydroxylation is 2. The number of anilines is 1. The smallest absolute Gasteiger partial charge is 0.274 e. The molecule has 0 aliphatic rings. The number of nitrogens with two attached hydrogens (primary N) is 1. The highest BCUT2D eigenvalue weighted by atomic mass is 16.6. The van der Waals surface area contributed by atoms with Gasteiger partial charge in [-0.3, -0.25) is 10.1 Å². The first-order chi connectivity index (χ1) is 9.62. The fourth-order valence-electron chi connectivity index (χ4n) is 2.42. The van der Waals surface area contributed by atoms with E-state index < -0.39 is 4.92 Å². The van der Waals surface area contributed by atoms with Gasteiger partial charge in [0.2, 0.25) is 0 Å². The molecule has 2 aromatic rings. The lowest BCUT2D eigenvalue weighted by Gasteiger charge is -2.21. The molecule has 0 saturated heterocycles. The number of benzene rings is 1. The number of nitro groups is 1. The molecule has 112 valence electrons. The molecule has 21 heavy (non-hydrogen) atoms. The summed E-state index contributed by atoms with van der Waals surface area (Å²) >= 11 is 0. The van der Waals surface area contributed by atoms with E-state index in [1.54, 1.807) is 17.7 Å². The van der Waals surface area contributed by atoms with Crippen LogP contribution in [0, 0.1) is 24.0 Å². The Morgan fingerprint density at radius 3 is 2.38 bits per heavy atom. The first-order valence-electron chi connectivity index (χ1n) is 6.60. The number of rotatable bonds is 2. The van der Waals surface area contributed by atoms with Gasteiger partial charge in [0.1, 0.15) is 0 Å². The molecule has 7 nitrogen and oxygen atoms in total. The summed E-state index contributed by atoms with van der Waals surface area (Å²) in [7, 11) is 0. The quantitative estimate of drug-likeness (QED) is 0.676. The van der Waals surface area contributed by atoms with Crippen LogP contribution in [-0.4, -0.2) is 19.9 Å². The van der Waals surface area contributed by atoms with E-state index in [0.717, 1.165) is 11.3 Å². The van der Waals surface area contributed by atoms with Crippen molar-refractivity contribution in [1.82, 2.24) is 15.0 Å². The fraction of sp³-hybridized carbons (Fsp3) is 0.429. The van der Waals surface area contributed by atoms with Gasteiger partial charge in [-0.2, -0.15) is 0 Å². The van der Waals surface area contributed by atoms with Crippen molar-refractivity contribution >= 4 is 11.5 Å². The lowest BCUT2D eigenvalue weighted by Crippen LogP contribution is -2.19. The van der Waals surface area contributed by atoms with Crippen LogP contribution in [0.15, 0.2) is 12.1 Å². The zero-order valence-electron chi connectivity index (χ0n) is 12.8. The molecule has 0 saturated carbocycles. The summed E-state index contributed by atoms with van der Waals surface area (Å²) in [6, 6.07) is 3.30. The van der Waals surface area contributed by atoms with Gasteiger partial charge in [0.15, 0.2) is 5.82 Å². The van der Waals surface area contributed by atoms with Gasteiger partial charge in [-0.1, -0.05) is 26.0 Å². The molecule has 0 aliphatic heterocycles. The molecule has 2 rings (SSSR count). The molecule has 0 amide bonds. The second kappa shape index (κ2) is 4.83. The Hall–Kier alpha value is -2.44. The summed E-state index contributed by atoms with van der Waals surface area (Å²) in [5.74, 6) is 0.338. The van der Waals surface area contributed by atoms with Crippen molar-refractivity contribution in [3.63, 3.8) is 0 Å². The number of aromatic nitrogens is 3. The standard InChI is InChI=1S/C14H19N5O2/c1-8-6-9(2)11(19(20)21)7-10(8)18-12(14(3,4)5)13(15)16-17-18/h6-7H,15H2,1-5H3. The van der Waals surface area contributed by atoms with E-state index in [1.807, 2.05) is 27.7 Å². The van der Waals surface area contributed by atoms with Crippen LogP contribution in [-0.2, 0) is 5.41 Å². The van der Waals surface area contributed by atoms with Gasteiger partial charge in [-0.15, -0.1) is 5.10 Å². The van der Waals surface area contributed by atoms with E-state index in [1.165, 1.54) is 6.07 Å². The van der Waals surface area contributed by atoms with Gasteiger partial charge < -0.3 is 5.73 Å². The summed E-state index contributed by atoms with van der Waals surface area (Å²) in [6.07, 6.45) is 0. The molecule has 1 aromatic carbocycles. The van der Waals surface area contributed by atoms with Crippen molar-refractivity contribution in [3.05, 3.63) is 39.1 Å². The van der Waals surface area contributed by atoms with Crippen LogP contribution in [0.25, 0.3) is 5.69 Å². The van der Waals surface area contributed by atoms with Crippen LogP contribution in [0.3, 0.4) is 0 Å². The third kappa shape index (κ3) is 2.58. The molecule has 0 fully saturated rings. The van der Waals surface area contributed by atoms with Crippen LogP contribution >= 0.6 is 0 Å². The molecule has 0 bridgehead atoms. The molecule has 0 aliphatic carbocycles. The van der Waals surface area contributed by atoms with Crippen molar-refractivity contribution in [3.8, 4) is 5.69 Å². The molecule has 1 heterocycles. The molecule has 0 radical (unpaired) electrons. The zero-order valence-corrected chi connectivity index (χ0v) is 12.8. The minimum Gasteiger partial charge on any atom is -0.381 e. The van der Waals surface area contributed by atoms with E-state index in [0.29, 0.717) is 17.1 Å². The summed E-state index contributed by atoms with van der Waals surface area (Å²) in [5, 5.41) is 19.1. The highest BCUT2D eigenvalue weighted by Gasteiger charge is 2.26. The van der Waals surface area contributed by atoms with Crippen molar-refractivity contribution in [1.29, 1.82) is 0 Å². The lowest BCUT2D eigenvalue weighted by molar-refractivity contribution is -0.385. The number of hydrogen-bond donors (Lipinski definition) is 1. The van der Waals surface area contributed by atoms with Gasteiger partial charge in [0.05, 0.1) is 16.3 Å². The Labute approximate surface area is 122 Å². The van der Waals surface area contributed by atoms with Gasteiger partial charge in [0, 0.05) is 17.0 Å². The number of hydrogen-bond acceptors (Lipinski definition) is 5. The van der Waals surface area contributed by atoms with Crippen LogP contribution in [0.1, 0.15) is 37.6 Å². The van der Waals surface area contributed by atoms with E-state index >= 15 is 0 Å². The van der Waals surface area contributed by atoms with Crippen molar-refractivity contribution in [2.75, 3.05) is 5.73 Å². The minimum atomic E-state index is -0.394. The molecular weight excluding hydrogens is 270 g/mol. The fourth-order valence-corrected chi connectivity index (χ4v) is 2.42. The second-order valence-corrected chi connectivity index (χ2v) is 6.17. The average Bonchev–Trinajstić information content (AvgIpc) is 2.70. The Balaban J connectivity index is 2.74. The third-order valence-corrected chi connectivity index (χ3v) is 3.35. The summed E-state index contributed by atoms with van der Waals surface area (Å²) < 4.78 is 1.59. The number of nitro benzene ring substituents is 1. The molecule has 1 aromatic heterocycles. The SMILES string of the molecule is Cc1cc(C)c([N+](=O)[O-])cc1-n1nnc(N)c1C(C)(C)C. The van der Waals surface area contributed by atoms with Gasteiger partial charge in [0.25, 0.3) is 5.69 Å². The van der Waals surface area contributed by atoms with Crippen LogP contribution in [0.5, 0.6) is 0 Å². The van der Waals surface area contributed by atoms with E-state index in [2.05, 4.69) is 10.3 Å². The first-order valence-corrected chi connectivity index (χ1v) is 6.60. The van der Waals surface area contributed by atoms with Crippen molar-refractivity contribution < 1.29 is 4.92 Å². The van der Waals surface area contributed by atoms with E-state index in [9.17, 15) is 10.1 Å². The Morgan fingerprint density at radius 1 is 1.24 bits per heavy atom. The number of nitrogen functional groups attached to an aromatic ring is 1. The highest BCUT2D eigenvalue weighted by Crippen LogP contribution is 2.31.